The number of rotatable bonds is 3. The van der Waals surface area contributed by atoms with Crippen LogP contribution in [0.15, 0.2) is 24.3 Å². The molecule has 108 valence electrons. The van der Waals surface area contributed by atoms with Gasteiger partial charge in [0.25, 0.3) is 0 Å². The minimum atomic E-state index is -0.800. The molecular formula is C15H20N2O3. The number of carboxylic acid groups (broad SMARTS) is 1. The maximum Gasteiger partial charge on any atom is 0.305 e. The van der Waals surface area contributed by atoms with Gasteiger partial charge in [0.15, 0.2) is 5.75 Å². The lowest BCUT2D eigenvalue weighted by atomic mass is 9.73. The first-order chi connectivity index (χ1) is 9.62. The van der Waals surface area contributed by atoms with Crippen molar-refractivity contribution in [2.75, 3.05) is 20.1 Å². The number of nitrogens with zero attached hydrogens (tertiary/aromatic N) is 1. The van der Waals surface area contributed by atoms with E-state index >= 15 is 0 Å². The molecule has 0 aliphatic carbocycles. The van der Waals surface area contributed by atoms with Crippen LogP contribution in [-0.2, 0) is 10.3 Å². The third kappa shape index (κ3) is 2.17. The van der Waals surface area contributed by atoms with Crippen LogP contribution in [0.4, 0.5) is 0 Å². The molecule has 1 aromatic carbocycles. The Morgan fingerprint density at radius 2 is 2.35 bits per heavy atom. The summed E-state index contributed by atoms with van der Waals surface area (Å²) in [6, 6.07) is 7.72. The quantitative estimate of drug-likeness (QED) is 0.878. The van der Waals surface area contributed by atoms with Crippen molar-refractivity contribution >= 4 is 5.97 Å². The highest BCUT2D eigenvalue weighted by Gasteiger charge is 2.49. The van der Waals surface area contributed by atoms with Gasteiger partial charge in [0, 0.05) is 12.1 Å². The number of hydroxylamine groups is 1. The number of hydrogen-bond donors (Lipinski definition) is 2. The summed E-state index contributed by atoms with van der Waals surface area (Å²) in [5.74, 6) is 0.189. The van der Waals surface area contributed by atoms with Crippen LogP contribution in [-0.4, -0.2) is 36.1 Å². The molecule has 2 N–H and O–H groups in total. The van der Waals surface area contributed by atoms with Crippen LogP contribution in [0.2, 0.25) is 0 Å². The first-order valence-electron chi connectivity index (χ1n) is 7.06. The van der Waals surface area contributed by atoms with Crippen LogP contribution in [0.3, 0.4) is 0 Å². The summed E-state index contributed by atoms with van der Waals surface area (Å²) in [6.45, 7) is 1.96. The predicted octanol–water partition coefficient (Wildman–Crippen LogP) is 1.60. The van der Waals surface area contributed by atoms with E-state index in [2.05, 4.69) is 17.4 Å². The van der Waals surface area contributed by atoms with Gasteiger partial charge in [-0.15, -0.1) is 5.48 Å². The van der Waals surface area contributed by atoms with Crippen molar-refractivity contribution in [1.82, 2.24) is 10.4 Å². The lowest BCUT2D eigenvalue weighted by Gasteiger charge is -2.40. The van der Waals surface area contributed by atoms with Crippen molar-refractivity contribution in [2.24, 2.45) is 5.92 Å². The highest BCUT2D eigenvalue weighted by Crippen LogP contribution is 2.45. The number of aliphatic carboxylic acids is 1. The van der Waals surface area contributed by atoms with Crippen molar-refractivity contribution in [1.29, 1.82) is 0 Å². The number of nitrogens with one attached hydrogen (secondary N) is 1. The molecule has 0 radical (unpaired) electrons. The molecule has 20 heavy (non-hydrogen) atoms. The Hall–Kier alpha value is -1.59. The second kappa shape index (κ2) is 5.07. The minimum Gasteiger partial charge on any atom is -0.481 e. The van der Waals surface area contributed by atoms with Gasteiger partial charge >= 0.3 is 5.97 Å². The summed E-state index contributed by atoms with van der Waals surface area (Å²) in [5.41, 5.74) is 3.41. The minimum absolute atomic E-state index is 0.0442. The molecule has 2 atom stereocenters. The molecule has 1 saturated heterocycles. The average molecular weight is 276 g/mol. The summed E-state index contributed by atoms with van der Waals surface area (Å²) in [5, 5.41) is 9.35. The van der Waals surface area contributed by atoms with Crippen LogP contribution >= 0.6 is 0 Å². The normalized spacial score (nSPS) is 29.8. The molecule has 5 nitrogen and oxygen atoms in total. The molecule has 0 aromatic heterocycles. The van der Waals surface area contributed by atoms with Crippen molar-refractivity contribution in [3.05, 3.63) is 29.8 Å². The molecule has 1 fully saturated rings. The third-order valence-electron chi connectivity index (χ3n) is 4.46. The smallest absolute Gasteiger partial charge is 0.305 e. The molecule has 0 amide bonds. The molecule has 5 heteroatoms. The van der Waals surface area contributed by atoms with Crippen LogP contribution in [0.5, 0.6) is 5.75 Å². The second-order valence-corrected chi connectivity index (χ2v) is 5.84. The Kier molecular flexibility index (Phi) is 3.40. The Morgan fingerprint density at radius 1 is 1.55 bits per heavy atom. The van der Waals surface area contributed by atoms with E-state index in [1.54, 1.807) is 0 Å². The first kappa shape index (κ1) is 13.4. The Labute approximate surface area is 118 Å². The highest BCUT2D eigenvalue weighted by atomic mass is 16.7. The van der Waals surface area contributed by atoms with Gasteiger partial charge in [-0.3, -0.25) is 4.79 Å². The number of benzene rings is 1. The lowest BCUT2D eigenvalue weighted by Crippen LogP contribution is -2.52. The van der Waals surface area contributed by atoms with E-state index in [1.165, 1.54) is 0 Å². The number of likely N-dealkylation sites (tertiary alicyclic amines) is 1. The van der Waals surface area contributed by atoms with Crippen molar-refractivity contribution < 1.29 is 14.7 Å². The van der Waals surface area contributed by atoms with Crippen LogP contribution in [0.25, 0.3) is 0 Å². The molecule has 1 aromatic rings. The van der Waals surface area contributed by atoms with E-state index < -0.39 is 11.5 Å². The number of para-hydroxylation sites is 1. The number of carboxylic acids is 1. The molecule has 3 rings (SSSR count). The second-order valence-electron chi connectivity index (χ2n) is 5.84. The molecular weight excluding hydrogens is 256 g/mol. The van der Waals surface area contributed by atoms with Gasteiger partial charge in [-0.25, -0.2) is 0 Å². The largest absolute Gasteiger partial charge is 0.481 e. The fraction of sp³-hybridized carbons (Fsp3) is 0.533. The van der Waals surface area contributed by atoms with Crippen molar-refractivity contribution in [3.63, 3.8) is 0 Å². The molecule has 2 aliphatic heterocycles. The molecule has 0 saturated carbocycles. The Balaban J connectivity index is 2.00. The summed E-state index contributed by atoms with van der Waals surface area (Å²) in [6.07, 6.45) is 2.15. The molecule has 0 bridgehead atoms. The number of hydrogen-bond acceptors (Lipinski definition) is 4. The SMILES string of the molecule is CN1CCCC(C2(CC(=O)O)NOc3ccccc32)C1. The number of carbonyl (C=O) groups is 1. The topological polar surface area (TPSA) is 61.8 Å². The molecule has 2 unspecified atom stereocenters. The zero-order chi connectivity index (χ0) is 14.2. The zero-order valence-electron chi connectivity index (χ0n) is 11.6. The monoisotopic (exact) mass is 276 g/mol. The van der Waals surface area contributed by atoms with Gasteiger partial charge in [-0.2, -0.15) is 0 Å². The van der Waals surface area contributed by atoms with Gasteiger partial charge in [-0.05, 0) is 38.4 Å². The van der Waals surface area contributed by atoms with Crippen molar-refractivity contribution in [3.8, 4) is 5.75 Å². The standard InChI is InChI=1S/C15H20N2O3/c1-17-8-4-5-11(10-17)15(9-14(18)19)12-6-2-3-7-13(12)20-16-15/h2-3,6-7,11,16H,4-5,8-10H2,1H3,(H,18,19). The van der Waals surface area contributed by atoms with Crippen LogP contribution in [0, 0.1) is 5.92 Å². The number of fused-ring (bicyclic) bond motifs is 1. The van der Waals surface area contributed by atoms with E-state index in [9.17, 15) is 9.90 Å². The molecule has 2 aliphatic rings. The van der Waals surface area contributed by atoms with Gasteiger partial charge in [0.1, 0.15) is 0 Å². The first-order valence-corrected chi connectivity index (χ1v) is 7.06. The molecule has 0 spiro atoms. The van der Waals surface area contributed by atoms with E-state index in [0.717, 1.165) is 37.2 Å². The van der Waals surface area contributed by atoms with Crippen LogP contribution in [0.1, 0.15) is 24.8 Å². The maximum atomic E-state index is 11.4. The summed E-state index contributed by atoms with van der Waals surface area (Å²) in [7, 11) is 2.09. The maximum absolute atomic E-state index is 11.4. The predicted molar refractivity (Wildman–Crippen MR) is 74.4 cm³/mol. The average Bonchev–Trinajstić information content (AvgIpc) is 2.79. The van der Waals surface area contributed by atoms with Gasteiger partial charge in [0.2, 0.25) is 0 Å². The summed E-state index contributed by atoms with van der Waals surface area (Å²) >= 11 is 0. The third-order valence-corrected chi connectivity index (χ3v) is 4.46. The van der Waals surface area contributed by atoms with Crippen molar-refractivity contribution in [2.45, 2.75) is 24.8 Å². The Bertz CT molecular complexity index is 520. The molecule has 2 heterocycles. The zero-order valence-corrected chi connectivity index (χ0v) is 11.6. The van der Waals surface area contributed by atoms with Crippen LogP contribution < -0.4 is 10.3 Å². The van der Waals surface area contributed by atoms with E-state index in [0.29, 0.717) is 0 Å². The fourth-order valence-electron chi connectivity index (χ4n) is 3.51. The number of piperidine rings is 1. The lowest BCUT2D eigenvalue weighted by molar-refractivity contribution is -0.141. The summed E-state index contributed by atoms with van der Waals surface area (Å²) < 4.78 is 0. The van der Waals surface area contributed by atoms with Gasteiger partial charge < -0.3 is 14.8 Å². The fourth-order valence-corrected chi connectivity index (χ4v) is 3.51. The van der Waals surface area contributed by atoms with E-state index in [4.69, 9.17) is 4.84 Å². The van der Waals surface area contributed by atoms with E-state index in [1.807, 2.05) is 24.3 Å². The highest BCUT2D eigenvalue weighted by molar-refractivity contribution is 5.70. The Morgan fingerprint density at radius 3 is 3.10 bits per heavy atom. The van der Waals surface area contributed by atoms with Gasteiger partial charge in [-0.1, -0.05) is 18.2 Å². The van der Waals surface area contributed by atoms with Gasteiger partial charge in [0.05, 0.1) is 12.0 Å². The van der Waals surface area contributed by atoms with E-state index in [-0.39, 0.29) is 12.3 Å². The summed E-state index contributed by atoms with van der Waals surface area (Å²) in [4.78, 5) is 19.2.